The molecule has 112 valence electrons. The van der Waals surface area contributed by atoms with Crippen LogP contribution in [-0.2, 0) is 4.79 Å². The molecule has 5 heteroatoms. The van der Waals surface area contributed by atoms with Crippen molar-refractivity contribution in [1.82, 2.24) is 9.78 Å². The standard InChI is InChI=1S/C17H16FN3O/c18-11-3-6-17(22)20-14-7-9-15(10-8-14)21-16-5-2-1-4-13(16)12-19-21/h1-2,4-5,7-10,12H,3,6,11H2,(H,20,22). The number of benzene rings is 2. The number of halogens is 1. The number of hydrogen-bond acceptors (Lipinski definition) is 2. The van der Waals surface area contributed by atoms with Crippen LogP contribution in [-0.4, -0.2) is 22.4 Å². The third-order valence-corrected chi connectivity index (χ3v) is 3.41. The summed E-state index contributed by atoms with van der Waals surface area (Å²) >= 11 is 0. The van der Waals surface area contributed by atoms with Gasteiger partial charge in [0.25, 0.3) is 0 Å². The van der Waals surface area contributed by atoms with Gasteiger partial charge in [0.1, 0.15) is 0 Å². The lowest BCUT2D eigenvalue weighted by Crippen LogP contribution is -2.11. The van der Waals surface area contributed by atoms with Gasteiger partial charge in [0.05, 0.1) is 24.1 Å². The molecule has 1 aromatic heterocycles. The lowest BCUT2D eigenvalue weighted by molar-refractivity contribution is -0.116. The SMILES string of the molecule is O=C(CCCF)Nc1ccc(-n2ncc3ccccc32)cc1. The van der Waals surface area contributed by atoms with Gasteiger partial charge in [-0.2, -0.15) is 5.10 Å². The Balaban J connectivity index is 1.78. The van der Waals surface area contributed by atoms with Crippen LogP contribution in [0.5, 0.6) is 0 Å². The maximum Gasteiger partial charge on any atom is 0.224 e. The van der Waals surface area contributed by atoms with Gasteiger partial charge in [-0.25, -0.2) is 4.68 Å². The molecule has 0 aliphatic rings. The van der Waals surface area contributed by atoms with Crippen molar-refractivity contribution >= 4 is 22.5 Å². The molecule has 0 atom stereocenters. The third-order valence-electron chi connectivity index (χ3n) is 3.41. The zero-order chi connectivity index (χ0) is 15.4. The first-order valence-electron chi connectivity index (χ1n) is 7.17. The Morgan fingerprint density at radius 3 is 2.68 bits per heavy atom. The minimum atomic E-state index is -0.473. The number of amides is 1. The molecule has 1 amide bonds. The molecule has 0 spiro atoms. The Kier molecular flexibility index (Phi) is 4.14. The molecule has 3 rings (SSSR count). The lowest BCUT2D eigenvalue weighted by Gasteiger charge is -2.07. The third kappa shape index (κ3) is 2.98. The highest BCUT2D eigenvalue weighted by Crippen LogP contribution is 2.19. The Bertz CT molecular complexity index is 780. The number of alkyl halides is 1. The topological polar surface area (TPSA) is 46.9 Å². The van der Waals surface area contributed by atoms with Crippen molar-refractivity contribution in [1.29, 1.82) is 0 Å². The van der Waals surface area contributed by atoms with E-state index < -0.39 is 6.67 Å². The van der Waals surface area contributed by atoms with Crippen LogP contribution in [0.4, 0.5) is 10.1 Å². The molecule has 2 aromatic carbocycles. The highest BCUT2D eigenvalue weighted by Gasteiger charge is 2.05. The predicted molar refractivity (Wildman–Crippen MR) is 84.9 cm³/mol. The summed E-state index contributed by atoms with van der Waals surface area (Å²) in [5, 5.41) is 8.21. The highest BCUT2D eigenvalue weighted by molar-refractivity contribution is 5.90. The second-order valence-electron chi connectivity index (χ2n) is 5.00. The smallest absolute Gasteiger partial charge is 0.224 e. The first kappa shape index (κ1) is 14.3. The number of rotatable bonds is 5. The molecular formula is C17H16FN3O. The van der Waals surface area contributed by atoms with E-state index in [1.807, 2.05) is 59.4 Å². The van der Waals surface area contributed by atoms with Crippen LogP contribution in [0.25, 0.3) is 16.6 Å². The molecule has 0 aliphatic heterocycles. The van der Waals surface area contributed by atoms with E-state index in [9.17, 15) is 9.18 Å². The van der Waals surface area contributed by atoms with E-state index in [4.69, 9.17) is 0 Å². The summed E-state index contributed by atoms with van der Waals surface area (Å²) in [6, 6.07) is 15.4. The van der Waals surface area contributed by atoms with Crippen molar-refractivity contribution in [3.05, 3.63) is 54.7 Å². The number of carbonyl (C=O) groups is 1. The van der Waals surface area contributed by atoms with Crippen molar-refractivity contribution in [3.63, 3.8) is 0 Å². The second-order valence-corrected chi connectivity index (χ2v) is 5.00. The van der Waals surface area contributed by atoms with Crippen LogP contribution in [0.3, 0.4) is 0 Å². The molecule has 0 aliphatic carbocycles. The van der Waals surface area contributed by atoms with Crippen molar-refractivity contribution in [3.8, 4) is 5.69 Å². The molecule has 4 nitrogen and oxygen atoms in total. The molecule has 3 aromatic rings. The van der Waals surface area contributed by atoms with Gasteiger partial charge >= 0.3 is 0 Å². The fourth-order valence-electron chi connectivity index (χ4n) is 2.31. The van der Waals surface area contributed by atoms with Crippen LogP contribution < -0.4 is 5.32 Å². The Labute approximate surface area is 127 Å². The van der Waals surface area contributed by atoms with Crippen molar-refractivity contribution < 1.29 is 9.18 Å². The molecule has 0 radical (unpaired) electrons. The van der Waals surface area contributed by atoms with Gasteiger partial charge in [-0.3, -0.25) is 9.18 Å². The van der Waals surface area contributed by atoms with Gasteiger partial charge in [-0.15, -0.1) is 0 Å². The molecule has 0 saturated carbocycles. The van der Waals surface area contributed by atoms with E-state index in [0.29, 0.717) is 5.69 Å². The number of para-hydroxylation sites is 1. The van der Waals surface area contributed by atoms with E-state index in [0.717, 1.165) is 16.6 Å². The molecule has 1 heterocycles. The molecule has 0 bridgehead atoms. The zero-order valence-electron chi connectivity index (χ0n) is 12.0. The summed E-state index contributed by atoms with van der Waals surface area (Å²) in [7, 11) is 0. The van der Waals surface area contributed by atoms with E-state index in [1.54, 1.807) is 0 Å². The van der Waals surface area contributed by atoms with Gasteiger partial charge in [-0.1, -0.05) is 18.2 Å². The monoisotopic (exact) mass is 297 g/mol. The quantitative estimate of drug-likeness (QED) is 0.780. The number of carbonyl (C=O) groups excluding carboxylic acids is 1. The summed E-state index contributed by atoms with van der Waals surface area (Å²) in [6.07, 6.45) is 2.27. The number of nitrogens with one attached hydrogen (secondary N) is 1. The average molecular weight is 297 g/mol. The number of hydrogen-bond donors (Lipinski definition) is 1. The van der Waals surface area contributed by atoms with Crippen LogP contribution in [0.15, 0.2) is 54.7 Å². The van der Waals surface area contributed by atoms with E-state index >= 15 is 0 Å². The maximum atomic E-state index is 12.0. The summed E-state index contributed by atoms with van der Waals surface area (Å²) in [5.41, 5.74) is 2.65. The van der Waals surface area contributed by atoms with Crippen molar-refractivity contribution in [2.45, 2.75) is 12.8 Å². The van der Waals surface area contributed by atoms with Gasteiger partial charge in [0.2, 0.25) is 5.91 Å². The first-order chi connectivity index (χ1) is 10.8. The van der Waals surface area contributed by atoms with E-state index in [-0.39, 0.29) is 18.7 Å². The number of nitrogens with zero attached hydrogens (tertiary/aromatic N) is 2. The molecular weight excluding hydrogens is 281 g/mol. The Morgan fingerprint density at radius 2 is 1.91 bits per heavy atom. The number of aromatic nitrogens is 2. The fraction of sp³-hybridized carbons (Fsp3) is 0.176. The maximum absolute atomic E-state index is 12.0. The van der Waals surface area contributed by atoms with Gasteiger partial charge in [0.15, 0.2) is 0 Å². The number of fused-ring (bicyclic) bond motifs is 1. The lowest BCUT2D eigenvalue weighted by atomic mass is 10.2. The van der Waals surface area contributed by atoms with Crippen LogP contribution in [0.1, 0.15) is 12.8 Å². The van der Waals surface area contributed by atoms with Crippen molar-refractivity contribution in [2.75, 3.05) is 12.0 Å². The largest absolute Gasteiger partial charge is 0.326 e. The fourth-order valence-corrected chi connectivity index (χ4v) is 2.31. The predicted octanol–water partition coefficient (Wildman–Crippen LogP) is 3.71. The molecule has 0 fully saturated rings. The van der Waals surface area contributed by atoms with Crippen LogP contribution in [0, 0.1) is 0 Å². The Morgan fingerprint density at radius 1 is 1.14 bits per heavy atom. The molecule has 22 heavy (non-hydrogen) atoms. The summed E-state index contributed by atoms with van der Waals surface area (Å²) < 4.78 is 13.9. The normalized spacial score (nSPS) is 10.8. The Hall–Kier alpha value is -2.69. The summed E-state index contributed by atoms with van der Waals surface area (Å²) in [6.45, 7) is -0.473. The first-order valence-corrected chi connectivity index (χ1v) is 7.17. The minimum Gasteiger partial charge on any atom is -0.326 e. The minimum absolute atomic E-state index is 0.171. The van der Waals surface area contributed by atoms with E-state index in [1.165, 1.54) is 0 Å². The summed E-state index contributed by atoms with van der Waals surface area (Å²) in [4.78, 5) is 11.6. The van der Waals surface area contributed by atoms with Gasteiger partial charge in [0, 0.05) is 17.5 Å². The van der Waals surface area contributed by atoms with Gasteiger partial charge < -0.3 is 5.32 Å². The molecule has 0 saturated heterocycles. The zero-order valence-corrected chi connectivity index (χ0v) is 12.0. The highest BCUT2D eigenvalue weighted by atomic mass is 19.1. The van der Waals surface area contributed by atoms with Crippen LogP contribution >= 0.6 is 0 Å². The second kappa shape index (κ2) is 6.39. The van der Waals surface area contributed by atoms with Crippen molar-refractivity contribution in [2.24, 2.45) is 0 Å². The molecule has 1 N–H and O–H groups in total. The number of anilines is 1. The van der Waals surface area contributed by atoms with Gasteiger partial charge in [-0.05, 0) is 36.8 Å². The van der Waals surface area contributed by atoms with E-state index in [2.05, 4.69) is 10.4 Å². The van der Waals surface area contributed by atoms with Crippen LogP contribution in [0.2, 0.25) is 0 Å². The molecule has 0 unspecified atom stereocenters. The average Bonchev–Trinajstić information content (AvgIpc) is 2.98. The summed E-state index contributed by atoms with van der Waals surface area (Å²) in [5.74, 6) is -0.171.